The Morgan fingerprint density at radius 2 is 1.83 bits per heavy atom. The number of carbonyl (C=O) groups excluding carboxylic acids is 2. The van der Waals surface area contributed by atoms with Gasteiger partial charge in [0, 0.05) is 36.3 Å². The van der Waals surface area contributed by atoms with Crippen molar-refractivity contribution in [1.82, 2.24) is 15.5 Å². The van der Waals surface area contributed by atoms with E-state index in [0.29, 0.717) is 17.1 Å². The largest absolute Gasteiger partial charge is 0.497 e. The summed E-state index contributed by atoms with van der Waals surface area (Å²) in [7, 11) is 1.61. The molecule has 2 fully saturated rings. The van der Waals surface area contributed by atoms with Crippen molar-refractivity contribution in [1.29, 1.82) is 0 Å². The zero-order valence-electron chi connectivity index (χ0n) is 17.0. The molecule has 1 saturated heterocycles. The average molecular weight is 428 g/mol. The standard InChI is InChI=1S/C23H26ClN3O3/c1-30-20-8-4-17(5-9-20)21(28)27-11-10-23(15-27)12-19(13-23)26-22(29)25-14-16-2-6-18(24)7-3-16/h2-9,19H,10-15H2,1H3,(H2,25,26,29). The predicted molar refractivity (Wildman–Crippen MR) is 116 cm³/mol. The van der Waals surface area contributed by atoms with Gasteiger partial charge in [0.2, 0.25) is 0 Å². The number of hydrogen-bond acceptors (Lipinski definition) is 3. The first-order valence-electron chi connectivity index (χ1n) is 10.2. The van der Waals surface area contributed by atoms with Crippen molar-refractivity contribution in [3.63, 3.8) is 0 Å². The molecule has 3 amide bonds. The molecule has 1 saturated carbocycles. The van der Waals surface area contributed by atoms with Gasteiger partial charge in [0.05, 0.1) is 7.11 Å². The van der Waals surface area contributed by atoms with Crippen molar-refractivity contribution in [2.24, 2.45) is 5.41 Å². The monoisotopic (exact) mass is 427 g/mol. The lowest BCUT2D eigenvalue weighted by molar-refractivity contribution is 0.0671. The zero-order valence-corrected chi connectivity index (χ0v) is 17.7. The minimum Gasteiger partial charge on any atom is -0.497 e. The maximum atomic E-state index is 12.8. The maximum Gasteiger partial charge on any atom is 0.315 e. The van der Waals surface area contributed by atoms with Gasteiger partial charge in [-0.25, -0.2) is 4.79 Å². The van der Waals surface area contributed by atoms with Crippen LogP contribution >= 0.6 is 11.6 Å². The number of carbonyl (C=O) groups is 2. The second-order valence-corrected chi connectivity index (χ2v) is 8.70. The molecule has 1 aliphatic carbocycles. The van der Waals surface area contributed by atoms with E-state index in [4.69, 9.17) is 16.3 Å². The number of nitrogens with one attached hydrogen (secondary N) is 2. The van der Waals surface area contributed by atoms with Gasteiger partial charge < -0.3 is 20.3 Å². The summed E-state index contributed by atoms with van der Waals surface area (Å²) in [5.74, 6) is 0.804. The van der Waals surface area contributed by atoms with Crippen LogP contribution in [0.15, 0.2) is 48.5 Å². The minimum absolute atomic E-state index is 0.0617. The van der Waals surface area contributed by atoms with Crippen LogP contribution in [0, 0.1) is 5.41 Å². The molecule has 1 spiro atoms. The lowest BCUT2D eigenvalue weighted by atomic mass is 9.65. The van der Waals surface area contributed by atoms with Crippen LogP contribution in [0.3, 0.4) is 0 Å². The van der Waals surface area contributed by atoms with E-state index in [0.717, 1.165) is 43.7 Å². The van der Waals surface area contributed by atoms with E-state index in [-0.39, 0.29) is 23.4 Å². The Bertz CT molecular complexity index is 908. The molecule has 2 aliphatic rings. The second-order valence-electron chi connectivity index (χ2n) is 8.26. The number of benzene rings is 2. The van der Waals surface area contributed by atoms with E-state index >= 15 is 0 Å². The molecule has 7 heteroatoms. The van der Waals surface area contributed by atoms with Crippen LogP contribution in [0.5, 0.6) is 5.75 Å². The first kappa shape index (κ1) is 20.5. The number of ether oxygens (including phenoxy) is 1. The first-order valence-corrected chi connectivity index (χ1v) is 10.6. The van der Waals surface area contributed by atoms with E-state index in [1.165, 1.54) is 0 Å². The number of hydrogen-bond donors (Lipinski definition) is 2. The summed E-state index contributed by atoms with van der Waals surface area (Å²) in [6.07, 6.45) is 2.81. The number of urea groups is 1. The number of methoxy groups -OCH3 is 1. The number of rotatable bonds is 5. The van der Waals surface area contributed by atoms with Crippen LogP contribution in [0.4, 0.5) is 4.79 Å². The molecule has 2 aromatic carbocycles. The normalized spacial score (nSPS) is 22.5. The predicted octanol–water partition coefficient (Wildman–Crippen LogP) is 3.84. The zero-order chi connectivity index (χ0) is 21.1. The molecule has 6 nitrogen and oxygen atoms in total. The van der Waals surface area contributed by atoms with Crippen molar-refractivity contribution in [2.75, 3.05) is 20.2 Å². The molecule has 0 radical (unpaired) electrons. The highest BCUT2D eigenvalue weighted by atomic mass is 35.5. The molecule has 1 aliphatic heterocycles. The van der Waals surface area contributed by atoms with Gasteiger partial charge in [-0.1, -0.05) is 23.7 Å². The fourth-order valence-corrected chi connectivity index (χ4v) is 4.59. The lowest BCUT2D eigenvalue weighted by Crippen LogP contribution is -2.54. The SMILES string of the molecule is COc1ccc(C(=O)N2CCC3(CC(NC(=O)NCc4ccc(Cl)cc4)C3)C2)cc1. The molecular weight excluding hydrogens is 402 g/mol. The highest BCUT2D eigenvalue weighted by molar-refractivity contribution is 6.30. The molecule has 0 bridgehead atoms. The van der Waals surface area contributed by atoms with Gasteiger partial charge in [-0.05, 0) is 66.6 Å². The Balaban J connectivity index is 1.22. The van der Waals surface area contributed by atoms with Crippen LogP contribution in [0.25, 0.3) is 0 Å². The Hall–Kier alpha value is -2.73. The molecule has 4 rings (SSSR count). The topological polar surface area (TPSA) is 70.7 Å². The molecule has 158 valence electrons. The molecule has 1 heterocycles. The fraction of sp³-hybridized carbons (Fsp3) is 0.391. The second kappa shape index (κ2) is 8.56. The molecular formula is C23H26ClN3O3. The van der Waals surface area contributed by atoms with Crippen molar-refractivity contribution < 1.29 is 14.3 Å². The van der Waals surface area contributed by atoms with Gasteiger partial charge in [-0.2, -0.15) is 0 Å². The molecule has 2 aromatic rings. The molecule has 30 heavy (non-hydrogen) atoms. The molecule has 2 N–H and O–H groups in total. The van der Waals surface area contributed by atoms with Gasteiger partial charge in [0.25, 0.3) is 5.91 Å². The number of likely N-dealkylation sites (tertiary alicyclic amines) is 1. The van der Waals surface area contributed by atoms with Crippen LogP contribution < -0.4 is 15.4 Å². The summed E-state index contributed by atoms with van der Waals surface area (Å²) in [5.41, 5.74) is 1.82. The summed E-state index contributed by atoms with van der Waals surface area (Å²) in [4.78, 5) is 26.9. The highest BCUT2D eigenvalue weighted by Crippen LogP contribution is 2.48. The van der Waals surface area contributed by atoms with E-state index in [9.17, 15) is 9.59 Å². The van der Waals surface area contributed by atoms with Crippen molar-refractivity contribution in [3.05, 3.63) is 64.7 Å². The van der Waals surface area contributed by atoms with Crippen LogP contribution in [0.1, 0.15) is 35.2 Å². The summed E-state index contributed by atoms with van der Waals surface area (Å²) < 4.78 is 5.15. The Kier molecular flexibility index (Phi) is 5.86. The van der Waals surface area contributed by atoms with E-state index in [1.807, 2.05) is 53.4 Å². The highest BCUT2D eigenvalue weighted by Gasteiger charge is 2.49. The maximum absolute atomic E-state index is 12.8. The Labute approximate surface area is 181 Å². The lowest BCUT2D eigenvalue weighted by Gasteiger charge is -2.45. The van der Waals surface area contributed by atoms with E-state index in [2.05, 4.69) is 10.6 Å². The third kappa shape index (κ3) is 4.54. The van der Waals surface area contributed by atoms with Crippen molar-refractivity contribution >= 4 is 23.5 Å². The number of nitrogens with zero attached hydrogens (tertiary/aromatic N) is 1. The molecule has 0 aromatic heterocycles. The summed E-state index contributed by atoms with van der Waals surface area (Å²) in [5, 5.41) is 6.61. The fourth-order valence-electron chi connectivity index (χ4n) is 4.47. The van der Waals surface area contributed by atoms with Gasteiger partial charge in [-0.3, -0.25) is 4.79 Å². The average Bonchev–Trinajstić information content (AvgIpc) is 3.18. The van der Waals surface area contributed by atoms with Crippen molar-refractivity contribution in [2.45, 2.75) is 31.8 Å². The number of amides is 3. The summed E-state index contributed by atoms with van der Waals surface area (Å²) in [6.45, 7) is 1.98. The quantitative estimate of drug-likeness (QED) is 0.761. The molecule has 0 unspecified atom stereocenters. The molecule has 0 atom stereocenters. The van der Waals surface area contributed by atoms with Crippen LogP contribution in [-0.2, 0) is 6.54 Å². The van der Waals surface area contributed by atoms with Crippen LogP contribution in [0.2, 0.25) is 5.02 Å². The summed E-state index contributed by atoms with van der Waals surface area (Å²) in [6, 6.07) is 14.7. The minimum atomic E-state index is -0.158. The van der Waals surface area contributed by atoms with E-state index in [1.54, 1.807) is 7.11 Å². The van der Waals surface area contributed by atoms with Gasteiger partial charge >= 0.3 is 6.03 Å². The Morgan fingerprint density at radius 1 is 1.13 bits per heavy atom. The third-order valence-electron chi connectivity index (χ3n) is 6.12. The third-order valence-corrected chi connectivity index (χ3v) is 6.37. The van der Waals surface area contributed by atoms with Crippen LogP contribution in [-0.4, -0.2) is 43.1 Å². The Morgan fingerprint density at radius 3 is 2.50 bits per heavy atom. The van der Waals surface area contributed by atoms with E-state index < -0.39 is 0 Å². The van der Waals surface area contributed by atoms with Gasteiger partial charge in [-0.15, -0.1) is 0 Å². The summed E-state index contributed by atoms with van der Waals surface area (Å²) >= 11 is 5.88. The number of halogens is 1. The van der Waals surface area contributed by atoms with Gasteiger partial charge in [0.1, 0.15) is 5.75 Å². The first-order chi connectivity index (χ1) is 14.5. The van der Waals surface area contributed by atoms with Crippen molar-refractivity contribution in [3.8, 4) is 5.75 Å². The smallest absolute Gasteiger partial charge is 0.315 e. The van der Waals surface area contributed by atoms with Gasteiger partial charge in [0.15, 0.2) is 0 Å².